The van der Waals surface area contributed by atoms with Gasteiger partial charge in [-0.15, -0.1) is 10.1 Å². The van der Waals surface area contributed by atoms with Crippen LogP contribution in [0.3, 0.4) is 0 Å². The Morgan fingerprint density at radius 3 is 2.50 bits per heavy atom. The van der Waals surface area contributed by atoms with E-state index in [0.717, 1.165) is 0 Å². The van der Waals surface area contributed by atoms with Gasteiger partial charge in [0.25, 0.3) is 0 Å². The average molecular weight is 83.1 g/mol. The van der Waals surface area contributed by atoms with E-state index in [1.54, 1.807) is 7.05 Å². The molecule has 0 aliphatic carbocycles. The molecule has 2 nitrogen and oxygen atoms in total. The summed E-state index contributed by atoms with van der Waals surface area (Å²) in [5, 5.41) is 0. The van der Waals surface area contributed by atoms with Gasteiger partial charge in [-0.3, -0.25) is 0 Å². The van der Waals surface area contributed by atoms with Crippen molar-refractivity contribution in [2.24, 2.45) is 0 Å². The molecule has 0 bridgehead atoms. The standard InChI is InChI=1S/C4H7N2/c1-4-5-6(2)3/h1,5H,2H2,3H3/q+1. The van der Waals surface area contributed by atoms with Crippen LogP contribution in [0, 0.1) is 12.5 Å². The minimum Gasteiger partial charge on any atom is -0.123 e. The van der Waals surface area contributed by atoms with E-state index in [-0.39, 0.29) is 0 Å². The fraction of sp³-hybridized carbons (Fsp3) is 0.250. The predicted molar refractivity (Wildman–Crippen MR) is 25.3 cm³/mol. The maximum atomic E-state index is 4.79. The van der Waals surface area contributed by atoms with Gasteiger partial charge in [0.15, 0.2) is 13.8 Å². The smallest absolute Gasteiger partial charge is 0.123 e. The highest BCUT2D eigenvalue weighted by molar-refractivity contribution is 5.13. The summed E-state index contributed by atoms with van der Waals surface area (Å²) < 4.78 is 1.44. The van der Waals surface area contributed by atoms with Crippen molar-refractivity contribution in [2.75, 3.05) is 7.05 Å². The zero-order chi connectivity index (χ0) is 4.99. The first-order valence-corrected chi connectivity index (χ1v) is 1.53. The van der Waals surface area contributed by atoms with Crippen LogP contribution in [0.4, 0.5) is 0 Å². The van der Waals surface area contributed by atoms with E-state index in [1.807, 2.05) is 0 Å². The molecule has 0 aromatic carbocycles. The first-order valence-electron chi connectivity index (χ1n) is 1.53. The maximum absolute atomic E-state index is 4.79. The minimum atomic E-state index is 1.44. The van der Waals surface area contributed by atoms with Crippen molar-refractivity contribution in [3.8, 4) is 12.5 Å². The number of terminal acetylenes is 1. The van der Waals surface area contributed by atoms with Crippen LogP contribution in [0.25, 0.3) is 0 Å². The van der Waals surface area contributed by atoms with Crippen molar-refractivity contribution < 1.29 is 4.68 Å². The lowest BCUT2D eigenvalue weighted by Gasteiger charge is -1.80. The Labute approximate surface area is 37.5 Å². The van der Waals surface area contributed by atoms with Crippen LogP contribution in [-0.2, 0) is 0 Å². The molecular formula is C4H7N2+. The number of rotatable bonds is 1. The molecule has 0 heterocycles. The van der Waals surface area contributed by atoms with Crippen LogP contribution in [-0.4, -0.2) is 18.4 Å². The van der Waals surface area contributed by atoms with Gasteiger partial charge in [0.1, 0.15) is 0 Å². The lowest BCUT2D eigenvalue weighted by atomic mass is 11.1. The molecule has 0 fully saturated rings. The molecule has 0 atom stereocenters. The molecule has 0 amide bonds. The van der Waals surface area contributed by atoms with Crippen molar-refractivity contribution in [1.82, 2.24) is 5.43 Å². The molecule has 0 spiro atoms. The van der Waals surface area contributed by atoms with Gasteiger partial charge in [0, 0.05) is 0 Å². The Kier molecular flexibility index (Phi) is 1.91. The number of hydrogen-bond acceptors (Lipinski definition) is 1. The second kappa shape index (κ2) is 2.28. The molecule has 0 rings (SSSR count). The van der Waals surface area contributed by atoms with Crippen LogP contribution in [0.1, 0.15) is 0 Å². The third kappa shape index (κ3) is 3.03. The summed E-state index contributed by atoms with van der Waals surface area (Å²) >= 11 is 0. The summed E-state index contributed by atoms with van der Waals surface area (Å²) in [6.07, 6.45) is 4.79. The van der Waals surface area contributed by atoms with Crippen molar-refractivity contribution in [3.63, 3.8) is 0 Å². The van der Waals surface area contributed by atoms with Gasteiger partial charge in [0.05, 0.1) is 6.04 Å². The van der Waals surface area contributed by atoms with E-state index in [2.05, 4.69) is 18.2 Å². The summed E-state index contributed by atoms with van der Waals surface area (Å²) in [6, 6.07) is 2.18. The molecule has 1 N–H and O–H groups in total. The fourth-order valence-corrected chi connectivity index (χ4v) is 0.110. The number of nitrogens with zero attached hydrogens (tertiary/aromatic N) is 1. The molecule has 0 radical (unpaired) electrons. The monoisotopic (exact) mass is 83.1 g/mol. The van der Waals surface area contributed by atoms with Crippen molar-refractivity contribution in [3.05, 3.63) is 0 Å². The summed E-state index contributed by atoms with van der Waals surface area (Å²) in [5.41, 5.74) is 2.46. The normalized spacial score (nSPS) is 6.00. The van der Waals surface area contributed by atoms with Gasteiger partial charge in [-0.25, -0.2) is 0 Å². The summed E-state index contributed by atoms with van der Waals surface area (Å²) in [7, 11) is 1.72. The first kappa shape index (κ1) is 5.03. The average Bonchev–Trinajstić information content (AvgIpc) is 1.35. The molecular weight excluding hydrogens is 76.1 g/mol. The van der Waals surface area contributed by atoms with E-state index in [1.165, 1.54) is 4.68 Å². The molecule has 0 saturated heterocycles. The third-order valence-corrected chi connectivity index (χ3v) is 0.255. The molecule has 0 aliphatic heterocycles. The number of hydrazine groups is 1. The molecule has 0 aromatic rings. The van der Waals surface area contributed by atoms with E-state index in [4.69, 9.17) is 6.42 Å². The number of hydrogen-bond donors (Lipinski definition) is 1. The van der Waals surface area contributed by atoms with Gasteiger partial charge in [-0.05, 0) is 0 Å². The second-order valence-corrected chi connectivity index (χ2v) is 0.954. The maximum Gasteiger partial charge on any atom is 0.162 e. The SMILES string of the molecule is C#CN[N+](=C)C. The topological polar surface area (TPSA) is 15.0 Å². The minimum absolute atomic E-state index is 1.44. The lowest BCUT2D eigenvalue weighted by molar-refractivity contribution is -0.537. The Bertz CT molecular complexity index is 88.2. The zero-order valence-corrected chi connectivity index (χ0v) is 3.73. The quantitative estimate of drug-likeness (QED) is 0.147. The molecule has 32 valence electrons. The van der Waals surface area contributed by atoms with Gasteiger partial charge >= 0.3 is 0 Å². The van der Waals surface area contributed by atoms with E-state index >= 15 is 0 Å². The van der Waals surface area contributed by atoms with Gasteiger partial charge in [-0.1, -0.05) is 6.42 Å². The molecule has 0 saturated carbocycles. The highest BCUT2D eigenvalue weighted by atomic mass is 15.4. The summed E-state index contributed by atoms with van der Waals surface area (Å²) in [6.45, 7) is 3.41. The number of hydrazone groups is 1. The summed E-state index contributed by atoms with van der Waals surface area (Å²) in [5.74, 6) is 0. The van der Waals surface area contributed by atoms with Gasteiger partial charge in [0.2, 0.25) is 0 Å². The highest BCUT2D eigenvalue weighted by Gasteiger charge is 1.72. The van der Waals surface area contributed by atoms with Crippen LogP contribution >= 0.6 is 0 Å². The van der Waals surface area contributed by atoms with Crippen LogP contribution in [0.2, 0.25) is 0 Å². The van der Waals surface area contributed by atoms with Crippen LogP contribution in [0.5, 0.6) is 0 Å². The van der Waals surface area contributed by atoms with E-state index in [9.17, 15) is 0 Å². The predicted octanol–water partition coefficient (Wildman–Crippen LogP) is -0.575. The Balaban J connectivity index is 3.13. The summed E-state index contributed by atoms with van der Waals surface area (Å²) in [4.78, 5) is 0. The Morgan fingerprint density at radius 1 is 2.00 bits per heavy atom. The fourth-order valence-electron chi connectivity index (χ4n) is 0.110. The van der Waals surface area contributed by atoms with Crippen molar-refractivity contribution >= 4 is 6.72 Å². The molecule has 0 unspecified atom stereocenters. The zero-order valence-electron chi connectivity index (χ0n) is 3.73. The van der Waals surface area contributed by atoms with Gasteiger partial charge < -0.3 is 0 Å². The Morgan fingerprint density at radius 2 is 2.50 bits per heavy atom. The molecule has 0 aromatic heterocycles. The largest absolute Gasteiger partial charge is 0.162 e. The number of nitrogens with one attached hydrogen (secondary N) is 1. The van der Waals surface area contributed by atoms with Crippen molar-refractivity contribution in [1.29, 1.82) is 0 Å². The van der Waals surface area contributed by atoms with Crippen LogP contribution < -0.4 is 5.43 Å². The second-order valence-electron chi connectivity index (χ2n) is 0.954. The molecule has 6 heavy (non-hydrogen) atoms. The van der Waals surface area contributed by atoms with E-state index in [0.29, 0.717) is 0 Å². The molecule has 0 aliphatic rings. The highest BCUT2D eigenvalue weighted by Crippen LogP contribution is 1.40. The lowest BCUT2D eigenvalue weighted by Crippen LogP contribution is -2.16. The Hall–Kier alpha value is -0.970. The first-order chi connectivity index (χ1) is 2.77. The third-order valence-electron chi connectivity index (χ3n) is 0.255. The van der Waals surface area contributed by atoms with Crippen molar-refractivity contribution in [2.45, 2.75) is 0 Å². The van der Waals surface area contributed by atoms with Gasteiger partial charge in [-0.2, -0.15) is 0 Å². The van der Waals surface area contributed by atoms with E-state index < -0.39 is 0 Å². The molecule has 2 heteroatoms. The van der Waals surface area contributed by atoms with Crippen LogP contribution in [0.15, 0.2) is 0 Å².